The molecule has 0 N–H and O–H groups in total. The first-order valence-electron chi connectivity index (χ1n) is 6.27. The van der Waals surface area contributed by atoms with Crippen molar-refractivity contribution >= 4 is 21.9 Å². The van der Waals surface area contributed by atoms with Gasteiger partial charge < -0.3 is 0 Å². The first kappa shape index (κ1) is 15.9. The van der Waals surface area contributed by atoms with Crippen LogP contribution in [0.25, 0.3) is 6.08 Å². The number of hydrogen-bond donors (Lipinski definition) is 0. The molecule has 0 spiro atoms. The molecule has 2 aromatic rings. The fourth-order valence-corrected chi connectivity index (χ4v) is 2.59. The maximum atomic E-state index is 12.0. The van der Waals surface area contributed by atoms with E-state index in [1.165, 1.54) is 36.4 Å². The summed E-state index contributed by atoms with van der Waals surface area (Å²) in [7, 11) is -3.88. The second-order valence-corrected chi connectivity index (χ2v) is 6.03. The molecule has 0 heterocycles. The second kappa shape index (κ2) is 6.50. The average Bonchev–Trinajstić information content (AvgIpc) is 2.53. The van der Waals surface area contributed by atoms with Crippen molar-refractivity contribution in [2.45, 2.75) is 11.5 Å². The number of nitro benzene ring substituents is 1. The van der Waals surface area contributed by atoms with Crippen LogP contribution in [0.1, 0.15) is 11.1 Å². The van der Waals surface area contributed by atoms with Crippen molar-refractivity contribution in [1.29, 1.82) is 0 Å². The van der Waals surface area contributed by atoms with Crippen LogP contribution in [-0.2, 0) is 20.9 Å². The normalized spacial score (nSPS) is 11.1. The molecule has 7 heteroatoms. The Bertz CT molecular complexity index is 780. The van der Waals surface area contributed by atoms with E-state index in [4.69, 9.17) is 4.18 Å². The fourth-order valence-electron chi connectivity index (χ4n) is 1.70. The summed E-state index contributed by atoms with van der Waals surface area (Å²) in [5, 5.41) is 10.5. The highest BCUT2D eigenvalue weighted by Crippen LogP contribution is 2.17. The molecule has 22 heavy (non-hydrogen) atoms. The van der Waals surface area contributed by atoms with E-state index in [1.54, 1.807) is 18.2 Å². The minimum atomic E-state index is -3.88. The summed E-state index contributed by atoms with van der Waals surface area (Å²) in [6.45, 7) is 3.40. The molecule has 0 aromatic heterocycles. The molecule has 0 atom stereocenters. The molecular weight excluding hydrogens is 306 g/mol. The SMILES string of the molecule is C=Cc1ccc(S(=O)(=O)OCc2ccc([N+](=O)[O-])cc2)cc1. The van der Waals surface area contributed by atoms with Gasteiger partial charge in [-0.1, -0.05) is 24.8 Å². The Labute approximate surface area is 127 Å². The molecular formula is C15H13NO5S. The van der Waals surface area contributed by atoms with Gasteiger partial charge in [0.05, 0.1) is 16.4 Å². The van der Waals surface area contributed by atoms with Gasteiger partial charge in [0.25, 0.3) is 15.8 Å². The summed E-state index contributed by atoms with van der Waals surface area (Å²) in [5.41, 5.74) is 1.26. The smallest absolute Gasteiger partial charge is 0.262 e. The number of benzene rings is 2. The van der Waals surface area contributed by atoms with E-state index >= 15 is 0 Å². The Hall–Kier alpha value is -2.51. The van der Waals surface area contributed by atoms with E-state index in [1.807, 2.05) is 0 Å². The first-order valence-corrected chi connectivity index (χ1v) is 7.68. The maximum Gasteiger partial charge on any atom is 0.297 e. The summed E-state index contributed by atoms with van der Waals surface area (Å²) < 4.78 is 29.0. The van der Waals surface area contributed by atoms with E-state index in [0.29, 0.717) is 5.56 Å². The number of hydrogen-bond acceptors (Lipinski definition) is 5. The third-order valence-electron chi connectivity index (χ3n) is 2.93. The van der Waals surface area contributed by atoms with Crippen LogP contribution in [0.15, 0.2) is 60.0 Å². The zero-order valence-electron chi connectivity index (χ0n) is 11.5. The number of rotatable bonds is 6. The lowest BCUT2D eigenvalue weighted by molar-refractivity contribution is -0.384. The van der Waals surface area contributed by atoms with Crippen molar-refractivity contribution in [1.82, 2.24) is 0 Å². The average molecular weight is 319 g/mol. The molecule has 6 nitrogen and oxygen atoms in total. The lowest BCUT2D eigenvalue weighted by atomic mass is 10.2. The topological polar surface area (TPSA) is 86.5 Å². The molecule has 0 unspecified atom stereocenters. The van der Waals surface area contributed by atoms with Crippen molar-refractivity contribution in [2.75, 3.05) is 0 Å². The van der Waals surface area contributed by atoms with Crippen LogP contribution in [0.3, 0.4) is 0 Å². The molecule has 0 radical (unpaired) electrons. The summed E-state index contributed by atoms with van der Waals surface area (Å²) in [5.74, 6) is 0. The van der Waals surface area contributed by atoms with Gasteiger partial charge in [0.15, 0.2) is 0 Å². The van der Waals surface area contributed by atoms with Crippen LogP contribution in [0.2, 0.25) is 0 Å². The van der Waals surface area contributed by atoms with Crippen molar-refractivity contribution in [3.05, 3.63) is 76.4 Å². The van der Waals surface area contributed by atoms with Gasteiger partial charge in [-0.15, -0.1) is 0 Å². The molecule has 0 aliphatic rings. The van der Waals surface area contributed by atoms with Crippen molar-refractivity contribution in [2.24, 2.45) is 0 Å². The van der Waals surface area contributed by atoms with Gasteiger partial charge in [-0.05, 0) is 35.4 Å². The highest BCUT2D eigenvalue weighted by atomic mass is 32.2. The van der Waals surface area contributed by atoms with Crippen LogP contribution < -0.4 is 0 Å². The van der Waals surface area contributed by atoms with E-state index in [0.717, 1.165) is 5.56 Å². The molecule has 0 aliphatic heterocycles. The quantitative estimate of drug-likeness (QED) is 0.464. The van der Waals surface area contributed by atoms with Gasteiger partial charge in [0.2, 0.25) is 0 Å². The predicted molar refractivity (Wildman–Crippen MR) is 81.6 cm³/mol. The summed E-state index contributed by atoms with van der Waals surface area (Å²) in [6.07, 6.45) is 1.61. The molecule has 114 valence electrons. The van der Waals surface area contributed by atoms with Crippen LogP contribution in [0, 0.1) is 10.1 Å². The Balaban J connectivity index is 2.08. The zero-order chi connectivity index (χ0) is 16.2. The van der Waals surface area contributed by atoms with Crippen molar-refractivity contribution in [3.8, 4) is 0 Å². The molecule has 0 fully saturated rings. The standard InChI is InChI=1S/C15H13NO5S/c1-2-12-5-9-15(10-6-12)22(19,20)21-11-13-3-7-14(8-4-13)16(17)18/h2-10H,1,11H2. The number of nitro groups is 1. The maximum absolute atomic E-state index is 12.0. The Kier molecular flexibility index (Phi) is 4.69. The van der Waals surface area contributed by atoms with Gasteiger partial charge in [-0.25, -0.2) is 0 Å². The Morgan fingerprint density at radius 1 is 1.09 bits per heavy atom. The molecule has 0 bridgehead atoms. The summed E-state index contributed by atoms with van der Waals surface area (Å²) in [6, 6.07) is 11.6. The molecule has 2 rings (SSSR count). The zero-order valence-corrected chi connectivity index (χ0v) is 12.3. The van der Waals surface area contributed by atoms with Crippen LogP contribution in [-0.4, -0.2) is 13.3 Å². The van der Waals surface area contributed by atoms with E-state index in [2.05, 4.69) is 6.58 Å². The first-order chi connectivity index (χ1) is 10.4. The van der Waals surface area contributed by atoms with Crippen molar-refractivity contribution in [3.63, 3.8) is 0 Å². The van der Waals surface area contributed by atoms with Gasteiger partial charge in [0, 0.05) is 12.1 Å². The minimum absolute atomic E-state index is 0.0417. The summed E-state index contributed by atoms with van der Waals surface area (Å²) >= 11 is 0. The minimum Gasteiger partial charge on any atom is -0.262 e. The van der Waals surface area contributed by atoms with Gasteiger partial charge in [0.1, 0.15) is 0 Å². The molecule has 0 amide bonds. The highest BCUT2D eigenvalue weighted by molar-refractivity contribution is 7.86. The lowest BCUT2D eigenvalue weighted by Crippen LogP contribution is -2.06. The Morgan fingerprint density at radius 3 is 2.18 bits per heavy atom. The Morgan fingerprint density at radius 2 is 1.68 bits per heavy atom. The molecule has 2 aromatic carbocycles. The van der Waals surface area contributed by atoms with E-state index in [9.17, 15) is 18.5 Å². The predicted octanol–water partition coefficient (Wildman–Crippen LogP) is 3.14. The molecule has 0 aliphatic carbocycles. The van der Waals surface area contributed by atoms with Gasteiger partial charge >= 0.3 is 0 Å². The second-order valence-electron chi connectivity index (χ2n) is 4.41. The summed E-state index contributed by atoms with van der Waals surface area (Å²) in [4.78, 5) is 10.1. The third kappa shape index (κ3) is 3.78. The molecule has 0 saturated carbocycles. The van der Waals surface area contributed by atoms with Crippen molar-refractivity contribution < 1.29 is 17.5 Å². The largest absolute Gasteiger partial charge is 0.297 e. The number of nitrogens with zero attached hydrogens (tertiary/aromatic N) is 1. The van der Waals surface area contributed by atoms with Crippen LogP contribution >= 0.6 is 0 Å². The van der Waals surface area contributed by atoms with Crippen LogP contribution in [0.5, 0.6) is 0 Å². The highest BCUT2D eigenvalue weighted by Gasteiger charge is 2.15. The monoisotopic (exact) mass is 319 g/mol. The lowest BCUT2D eigenvalue weighted by Gasteiger charge is -2.06. The third-order valence-corrected chi connectivity index (χ3v) is 4.21. The van der Waals surface area contributed by atoms with Gasteiger partial charge in [-0.3, -0.25) is 14.3 Å². The van der Waals surface area contributed by atoms with E-state index in [-0.39, 0.29) is 17.2 Å². The number of non-ortho nitro benzene ring substituents is 1. The van der Waals surface area contributed by atoms with E-state index < -0.39 is 15.0 Å². The van der Waals surface area contributed by atoms with Crippen LogP contribution in [0.4, 0.5) is 5.69 Å². The molecule has 0 saturated heterocycles. The fraction of sp³-hybridized carbons (Fsp3) is 0.0667. The van der Waals surface area contributed by atoms with Gasteiger partial charge in [-0.2, -0.15) is 8.42 Å².